The van der Waals surface area contributed by atoms with Crippen LogP contribution < -0.4 is 10.6 Å². The number of nitrogens with one attached hydrogen (secondary N) is 2. The van der Waals surface area contributed by atoms with Crippen LogP contribution in [0.4, 0.5) is 11.4 Å². The minimum atomic E-state index is -1.21. The molecule has 2 aromatic carbocycles. The summed E-state index contributed by atoms with van der Waals surface area (Å²) in [6.07, 6.45) is -1.21. The SMILES string of the molecule is Cc1cccc(C(=O)NCC(=O)OC(C)C(=O)Nc2cc([N+](=O)[O-])ccc2Cl)c1. The van der Waals surface area contributed by atoms with E-state index in [1.54, 1.807) is 18.2 Å². The third-order valence-electron chi connectivity index (χ3n) is 3.77. The molecule has 0 aliphatic carbocycles. The van der Waals surface area contributed by atoms with Crippen LogP contribution in [0.2, 0.25) is 5.02 Å². The number of nitro benzene ring substituents is 1. The monoisotopic (exact) mass is 419 g/mol. The van der Waals surface area contributed by atoms with Gasteiger partial charge < -0.3 is 15.4 Å². The van der Waals surface area contributed by atoms with Gasteiger partial charge in [-0.1, -0.05) is 29.3 Å². The number of ether oxygens (including phenoxy) is 1. The average molecular weight is 420 g/mol. The first-order valence-electron chi connectivity index (χ1n) is 8.46. The van der Waals surface area contributed by atoms with Crippen molar-refractivity contribution in [3.8, 4) is 0 Å². The van der Waals surface area contributed by atoms with E-state index >= 15 is 0 Å². The van der Waals surface area contributed by atoms with Crippen LogP contribution in [0.5, 0.6) is 0 Å². The molecule has 0 spiro atoms. The largest absolute Gasteiger partial charge is 0.451 e. The predicted octanol–water partition coefficient (Wildman–Crippen LogP) is 2.86. The second kappa shape index (κ2) is 9.65. The highest BCUT2D eigenvalue weighted by Crippen LogP contribution is 2.26. The summed E-state index contributed by atoms with van der Waals surface area (Å²) in [5.41, 5.74) is 1.05. The zero-order chi connectivity index (χ0) is 21.6. The molecule has 10 heteroatoms. The molecule has 29 heavy (non-hydrogen) atoms. The lowest BCUT2D eigenvalue weighted by atomic mass is 10.1. The smallest absolute Gasteiger partial charge is 0.326 e. The number of nitro groups is 1. The second-order valence-corrected chi connectivity index (χ2v) is 6.50. The van der Waals surface area contributed by atoms with Gasteiger partial charge in [0.05, 0.1) is 15.6 Å². The van der Waals surface area contributed by atoms with Crippen LogP contribution in [-0.4, -0.2) is 35.4 Å². The van der Waals surface area contributed by atoms with Crippen molar-refractivity contribution in [2.24, 2.45) is 0 Å². The Balaban J connectivity index is 1.89. The van der Waals surface area contributed by atoms with Crippen LogP contribution in [0.15, 0.2) is 42.5 Å². The highest BCUT2D eigenvalue weighted by Gasteiger charge is 2.20. The van der Waals surface area contributed by atoms with E-state index in [9.17, 15) is 24.5 Å². The van der Waals surface area contributed by atoms with Gasteiger partial charge in [-0.05, 0) is 32.0 Å². The van der Waals surface area contributed by atoms with Crippen LogP contribution in [0.1, 0.15) is 22.8 Å². The standard InChI is InChI=1S/C19H18ClN3O6/c1-11-4-3-5-13(8-11)19(26)21-10-17(24)29-12(2)18(25)22-16-9-14(23(27)28)6-7-15(16)20/h3-9,12H,10H2,1-2H3,(H,21,26)(H,22,25). The third kappa shape index (κ3) is 6.28. The maximum atomic E-state index is 12.2. The first-order valence-corrected chi connectivity index (χ1v) is 8.84. The number of benzene rings is 2. The predicted molar refractivity (Wildman–Crippen MR) is 106 cm³/mol. The number of esters is 1. The van der Waals surface area contributed by atoms with Crippen molar-refractivity contribution < 1.29 is 24.0 Å². The van der Waals surface area contributed by atoms with Crippen molar-refractivity contribution in [2.45, 2.75) is 20.0 Å². The highest BCUT2D eigenvalue weighted by atomic mass is 35.5. The topological polar surface area (TPSA) is 128 Å². The summed E-state index contributed by atoms with van der Waals surface area (Å²) in [6.45, 7) is 2.72. The molecule has 0 saturated carbocycles. The van der Waals surface area contributed by atoms with Gasteiger partial charge in [0.25, 0.3) is 17.5 Å². The number of aryl methyl sites for hydroxylation is 1. The zero-order valence-corrected chi connectivity index (χ0v) is 16.4. The fourth-order valence-electron chi connectivity index (χ4n) is 2.29. The Morgan fingerprint density at radius 3 is 2.59 bits per heavy atom. The maximum Gasteiger partial charge on any atom is 0.326 e. The van der Waals surface area contributed by atoms with E-state index in [1.165, 1.54) is 19.1 Å². The lowest BCUT2D eigenvalue weighted by Crippen LogP contribution is -2.35. The van der Waals surface area contributed by atoms with Gasteiger partial charge in [0.2, 0.25) is 0 Å². The molecule has 0 aliphatic rings. The van der Waals surface area contributed by atoms with Gasteiger partial charge in [0, 0.05) is 17.7 Å². The van der Waals surface area contributed by atoms with Crippen molar-refractivity contribution in [1.29, 1.82) is 0 Å². The molecule has 0 aromatic heterocycles. The molecule has 152 valence electrons. The van der Waals surface area contributed by atoms with Gasteiger partial charge in [-0.15, -0.1) is 0 Å². The van der Waals surface area contributed by atoms with Gasteiger partial charge in [-0.25, -0.2) is 0 Å². The van der Waals surface area contributed by atoms with Gasteiger partial charge in [0.15, 0.2) is 6.10 Å². The second-order valence-electron chi connectivity index (χ2n) is 6.09. The number of anilines is 1. The Bertz CT molecular complexity index is 963. The molecule has 2 rings (SSSR count). The van der Waals surface area contributed by atoms with E-state index in [0.717, 1.165) is 11.6 Å². The van der Waals surface area contributed by atoms with Gasteiger partial charge in [0.1, 0.15) is 6.54 Å². The molecule has 1 unspecified atom stereocenters. The summed E-state index contributed by atoms with van der Waals surface area (Å²) >= 11 is 5.92. The number of nitrogens with zero attached hydrogens (tertiary/aromatic N) is 1. The molecule has 0 heterocycles. The average Bonchev–Trinajstić information content (AvgIpc) is 2.67. The van der Waals surface area contributed by atoms with Crippen LogP contribution in [0.25, 0.3) is 0 Å². The van der Waals surface area contributed by atoms with Gasteiger partial charge >= 0.3 is 5.97 Å². The molecule has 9 nitrogen and oxygen atoms in total. The number of carbonyl (C=O) groups excluding carboxylic acids is 3. The van der Waals surface area contributed by atoms with E-state index in [1.807, 2.05) is 13.0 Å². The molecule has 0 aliphatic heterocycles. The molecule has 0 bridgehead atoms. The first-order chi connectivity index (χ1) is 13.7. The number of hydrogen-bond acceptors (Lipinski definition) is 6. The quantitative estimate of drug-likeness (QED) is 0.403. The molecule has 2 aromatic rings. The van der Waals surface area contributed by atoms with Crippen molar-refractivity contribution in [3.05, 3.63) is 68.7 Å². The molecular weight excluding hydrogens is 402 g/mol. The van der Waals surface area contributed by atoms with E-state index in [4.69, 9.17) is 16.3 Å². The third-order valence-corrected chi connectivity index (χ3v) is 4.10. The Hall–Kier alpha value is -3.46. The van der Waals surface area contributed by atoms with E-state index < -0.39 is 35.4 Å². The zero-order valence-electron chi connectivity index (χ0n) is 15.6. The number of carbonyl (C=O) groups is 3. The lowest BCUT2D eigenvalue weighted by Gasteiger charge is -2.14. The summed E-state index contributed by atoms with van der Waals surface area (Å²) < 4.78 is 4.97. The summed E-state index contributed by atoms with van der Waals surface area (Å²) in [7, 11) is 0. The van der Waals surface area contributed by atoms with Crippen molar-refractivity contribution in [3.63, 3.8) is 0 Å². The lowest BCUT2D eigenvalue weighted by molar-refractivity contribution is -0.384. The Kier molecular flexibility index (Phi) is 7.27. The maximum absolute atomic E-state index is 12.2. The number of non-ortho nitro benzene ring substituents is 1. The summed E-state index contributed by atoms with van der Waals surface area (Å²) in [5.74, 6) is -2.00. The molecule has 0 saturated heterocycles. The van der Waals surface area contributed by atoms with E-state index in [2.05, 4.69) is 10.6 Å². The number of hydrogen-bond donors (Lipinski definition) is 2. The minimum Gasteiger partial charge on any atom is -0.451 e. The Morgan fingerprint density at radius 2 is 1.93 bits per heavy atom. The molecule has 0 fully saturated rings. The van der Waals surface area contributed by atoms with Crippen LogP contribution >= 0.6 is 11.6 Å². The van der Waals surface area contributed by atoms with E-state index in [-0.39, 0.29) is 16.4 Å². The van der Waals surface area contributed by atoms with Crippen LogP contribution in [0.3, 0.4) is 0 Å². The molecule has 1 atom stereocenters. The number of amides is 2. The number of halogens is 1. The van der Waals surface area contributed by atoms with Gasteiger partial charge in [-0.2, -0.15) is 0 Å². The molecule has 2 N–H and O–H groups in total. The first kappa shape index (κ1) is 21.8. The Morgan fingerprint density at radius 1 is 1.21 bits per heavy atom. The van der Waals surface area contributed by atoms with Crippen LogP contribution in [-0.2, 0) is 14.3 Å². The molecule has 0 radical (unpaired) electrons. The molecule has 2 amide bonds. The number of rotatable bonds is 7. The normalized spacial score (nSPS) is 11.3. The summed E-state index contributed by atoms with van der Waals surface area (Å²) in [5, 5.41) is 15.7. The minimum absolute atomic E-state index is 0.0153. The fourth-order valence-corrected chi connectivity index (χ4v) is 2.45. The van der Waals surface area contributed by atoms with Gasteiger partial charge in [-0.3, -0.25) is 24.5 Å². The molecular formula is C19H18ClN3O6. The van der Waals surface area contributed by atoms with Crippen molar-refractivity contribution >= 4 is 40.8 Å². The fraction of sp³-hybridized carbons (Fsp3) is 0.211. The van der Waals surface area contributed by atoms with Crippen molar-refractivity contribution in [1.82, 2.24) is 5.32 Å². The van der Waals surface area contributed by atoms with Crippen molar-refractivity contribution in [2.75, 3.05) is 11.9 Å². The van der Waals surface area contributed by atoms with E-state index in [0.29, 0.717) is 5.56 Å². The summed E-state index contributed by atoms with van der Waals surface area (Å²) in [6, 6.07) is 10.4. The Labute approximate surface area is 171 Å². The highest BCUT2D eigenvalue weighted by molar-refractivity contribution is 6.33. The van der Waals surface area contributed by atoms with Crippen LogP contribution in [0, 0.1) is 17.0 Å². The summed E-state index contributed by atoms with van der Waals surface area (Å²) in [4.78, 5) is 46.3.